The Morgan fingerprint density at radius 2 is 0.894 bits per heavy atom. The molecule has 0 aromatic heterocycles. The molecule has 0 saturated heterocycles. The summed E-state index contributed by atoms with van der Waals surface area (Å²) >= 11 is 5.30. The van der Waals surface area contributed by atoms with Crippen LogP contribution >= 0.6 is 19.5 Å². The van der Waals surface area contributed by atoms with Crippen LogP contribution in [-0.4, -0.2) is 36.8 Å². The summed E-state index contributed by atoms with van der Waals surface area (Å²) in [6.45, 7) is 12.2. The Hall–Kier alpha value is -2.62. The first-order valence-corrected chi connectivity index (χ1v) is 21.6. The number of hydrogen-bond donors (Lipinski definition) is 2. The molecule has 0 saturated carbocycles. The van der Waals surface area contributed by atoms with Crippen molar-refractivity contribution in [3.8, 4) is 11.5 Å². The Kier molecular flexibility index (Phi) is 21.9. The maximum atomic E-state index is 5.40. The molecule has 0 radical (unpaired) electrons. The first-order valence-electron chi connectivity index (χ1n) is 18.6. The maximum absolute atomic E-state index is 5.40. The summed E-state index contributed by atoms with van der Waals surface area (Å²) in [5, 5.41) is 8.56. The van der Waals surface area contributed by atoms with Gasteiger partial charge in [0.05, 0.1) is 13.2 Å². The molecular weight excluding hydrogens is 616 g/mol. The van der Waals surface area contributed by atoms with Gasteiger partial charge in [0, 0.05) is 11.4 Å². The summed E-state index contributed by atoms with van der Waals surface area (Å²) in [6.07, 6.45) is 21.7. The van der Waals surface area contributed by atoms with Gasteiger partial charge in [0.25, 0.3) is 0 Å². The Morgan fingerprint density at radius 3 is 1.23 bits per heavy atom. The van der Waals surface area contributed by atoms with Crippen molar-refractivity contribution in [3.63, 3.8) is 0 Å². The molecule has 47 heavy (non-hydrogen) atoms. The zero-order chi connectivity index (χ0) is 34.0. The summed E-state index contributed by atoms with van der Waals surface area (Å²) in [5.74, 6) is 1.69. The van der Waals surface area contributed by atoms with Crippen LogP contribution in [0.3, 0.4) is 0 Å². The fraction of sp³-hybridized carbons (Fsp3) is 0.537. The van der Waals surface area contributed by atoms with Gasteiger partial charge in [-0.15, -0.1) is 0 Å². The van der Waals surface area contributed by atoms with E-state index in [4.69, 9.17) is 21.7 Å². The van der Waals surface area contributed by atoms with Crippen LogP contribution in [0.1, 0.15) is 112 Å². The first kappa shape index (κ1) is 40.6. The Labute approximate surface area is 294 Å². The molecular formula is C41H65N2O2PS. The van der Waals surface area contributed by atoms with E-state index in [0.29, 0.717) is 18.3 Å². The summed E-state index contributed by atoms with van der Waals surface area (Å²) < 4.78 is 10.8. The fourth-order valence-electron chi connectivity index (χ4n) is 6.17. The zero-order valence-electron chi connectivity index (χ0n) is 30.3. The summed E-state index contributed by atoms with van der Waals surface area (Å²) in [7, 11) is -1.32. The van der Waals surface area contributed by atoms with E-state index in [2.05, 4.69) is 61.7 Å². The standard InChI is InChI=1S/C24H45P.C17H20N2O2S/c1-4-7-10-16-21-25(22-17-11-8-5-2,23-18-12-9-6-3)24-19-14-13-15-20-24;1-3-20-15-9-5-13(6-10-15)18-17(22)19-14-7-11-16(12-8-14)21-4-2/h13-15,19-20,25H,4-12,16-18,21-23H2,1-3H3;5-12H,3-4H2,1-2H3,(H2,18,19,22). The molecule has 0 unspecified atom stereocenters. The third kappa shape index (κ3) is 16.9. The van der Waals surface area contributed by atoms with Gasteiger partial charge in [0.1, 0.15) is 11.5 Å². The fourth-order valence-corrected chi connectivity index (χ4v) is 11.7. The predicted molar refractivity (Wildman–Crippen MR) is 216 cm³/mol. The molecule has 0 amide bonds. The van der Waals surface area contributed by atoms with Crippen LogP contribution in [-0.2, 0) is 0 Å². The van der Waals surface area contributed by atoms with Gasteiger partial charge >= 0.3 is 159 Å². The number of anilines is 2. The number of ether oxygens (including phenoxy) is 2. The summed E-state index contributed by atoms with van der Waals surface area (Å²) in [6, 6.07) is 27.1. The zero-order valence-corrected chi connectivity index (χ0v) is 32.1. The molecule has 2 N–H and O–H groups in total. The van der Waals surface area contributed by atoms with Gasteiger partial charge in [-0.05, 0) is 74.6 Å². The molecule has 0 aliphatic rings. The van der Waals surface area contributed by atoms with Gasteiger partial charge < -0.3 is 20.1 Å². The van der Waals surface area contributed by atoms with E-state index in [0.717, 1.165) is 22.9 Å². The van der Waals surface area contributed by atoms with Crippen molar-refractivity contribution in [2.24, 2.45) is 0 Å². The molecule has 0 atom stereocenters. The molecule has 0 heterocycles. The van der Waals surface area contributed by atoms with Crippen molar-refractivity contribution in [2.45, 2.75) is 112 Å². The van der Waals surface area contributed by atoms with E-state index in [9.17, 15) is 0 Å². The number of nitrogens with one attached hydrogen (secondary N) is 2. The van der Waals surface area contributed by atoms with E-state index >= 15 is 0 Å². The second-order valence-corrected chi connectivity index (χ2v) is 17.6. The second-order valence-electron chi connectivity index (χ2n) is 12.6. The number of benzene rings is 3. The van der Waals surface area contributed by atoms with Crippen LogP contribution in [0.25, 0.3) is 0 Å². The SMILES string of the molecule is CCCCCC[PH](CCCCCC)(CCCCCC)c1ccccc1.CCOc1ccc(NC(=S)Nc2ccc(OCC)cc2)cc1. The maximum Gasteiger partial charge on any atom is 0.175 e. The topological polar surface area (TPSA) is 42.5 Å². The van der Waals surface area contributed by atoms with Crippen LogP contribution in [0.4, 0.5) is 11.4 Å². The smallest absolute Gasteiger partial charge is 0.175 e. The Morgan fingerprint density at radius 1 is 0.511 bits per heavy atom. The summed E-state index contributed by atoms with van der Waals surface area (Å²) in [4.78, 5) is 0. The van der Waals surface area contributed by atoms with E-state index in [-0.39, 0.29) is 0 Å². The molecule has 0 bridgehead atoms. The molecule has 6 heteroatoms. The molecule has 262 valence electrons. The van der Waals surface area contributed by atoms with Gasteiger partial charge in [-0.2, -0.15) is 0 Å². The van der Waals surface area contributed by atoms with Crippen molar-refractivity contribution < 1.29 is 9.47 Å². The van der Waals surface area contributed by atoms with Gasteiger partial charge in [-0.25, -0.2) is 0 Å². The molecule has 0 aliphatic carbocycles. The first-order chi connectivity index (χ1) is 23.0. The average Bonchev–Trinajstić information content (AvgIpc) is 3.09. The molecule has 3 aromatic carbocycles. The van der Waals surface area contributed by atoms with Crippen molar-refractivity contribution >= 4 is 41.3 Å². The Bertz CT molecular complexity index is 1100. The number of thiocarbonyl (C=S) groups is 1. The minimum Gasteiger partial charge on any atom is -0.494 e. The van der Waals surface area contributed by atoms with E-state index in [1.807, 2.05) is 62.4 Å². The van der Waals surface area contributed by atoms with Crippen LogP contribution < -0.4 is 25.4 Å². The van der Waals surface area contributed by atoms with Crippen LogP contribution in [0, 0.1) is 0 Å². The van der Waals surface area contributed by atoms with Crippen molar-refractivity contribution in [2.75, 3.05) is 42.3 Å². The normalized spacial score (nSPS) is 11.3. The monoisotopic (exact) mass is 680 g/mol. The Balaban J connectivity index is 0.000000329. The second kappa shape index (κ2) is 25.4. The van der Waals surface area contributed by atoms with E-state index < -0.39 is 7.26 Å². The molecule has 3 aromatic rings. The van der Waals surface area contributed by atoms with E-state index in [1.54, 1.807) is 5.30 Å². The van der Waals surface area contributed by atoms with Crippen LogP contribution in [0.5, 0.6) is 11.5 Å². The third-order valence-electron chi connectivity index (χ3n) is 8.76. The number of unbranched alkanes of at least 4 members (excludes halogenated alkanes) is 9. The van der Waals surface area contributed by atoms with Crippen LogP contribution in [0.2, 0.25) is 0 Å². The molecule has 3 rings (SSSR count). The summed E-state index contributed by atoms with van der Waals surface area (Å²) in [5.41, 5.74) is 1.82. The quantitative estimate of drug-likeness (QED) is 0.0628. The van der Waals surface area contributed by atoms with Crippen molar-refractivity contribution in [1.29, 1.82) is 0 Å². The minimum absolute atomic E-state index is 0.535. The van der Waals surface area contributed by atoms with E-state index in [1.165, 1.54) is 95.5 Å². The average molecular weight is 681 g/mol. The number of hydrogen-bond acceptors (Lipinski definition) is 3. The van der Waals surface area contributed by atoms with Gasteiger partial charge in [0.15, 0.2) is 5.11 Å². The van der Waals surface area contributed by atoms with Crippen molar-refractivity contribution in [1.82, 2.24) is 0 Å². The predicted octanol–water partition coefficient (Wildman–Crippen LogP) is 12.1. The largest absolute Gasteiger partial charge is 0.494 e. The molecule has 0 fully saturated rings. The molecule has 4 nitrogen and oxygen atoms in total. The van der Waals surface area contributed by atoms with Crippen LogP contribution in [0.15, 0.2) is 78.9 Å². The van der Waals surface area contributed by atoms with Gasteiger partial charge in [-0.1, -0.05) is 0 Å². The van der Waals surface area contributed by atoms with Crippen molar-refractivity contribution in [3.05, 3.63) is 78.9 Å². The molecule has 0 spiro atoms. The number of rotatable bonds is 22. The minimum atomic E-state index is -1.32. The third-order valence-corrected chi connectivity index (χ3v) is 14.5. The van der Waals surface area contributed by atoms with Gasteiger partial charge in [-0.3, -0.25) is 0 Å². The molecule has 0 aliphatic heterocycles. The van der Waals surface area contributed by atoms with Gasteiger partial charge in [0.2, 0.25) is 0 Å².